The Hall–Kier alpha value is -4.71. The number of thiazole rings is 1. The number of thiophene rings is 1. The van der Waals surface area contributed by atoms with Gasteiger partial charge in [-0.2, -0.15) is 0 Å². The van der Waals surface area contributed by atoms with Crippen LogP contribution < -0.4 is 16.0 Å². The minimum Gasteiger partial charge on any atom is -0.321 e. The third-order valence-corrected chi connectivity index (χ3v) is 10.7. The molecule has 0 saturated heterocycles. The van der Waals surface area contributed by atoms with Crippen LogP contribution >= 0.6 is 57.6 Å². The smallest absolute Gasteiger partial charge is 0.272 e. The van der Waals surface area contributed by atoms with E-state index in [1.54, 1.807) is 78.1 Å². The summed E-state index contributed by atoms with van der Waals surface area (Å²) >= 11 is 16.9. The van der Waals surface area contributed by atoms with E-state index in [0.29, 0.717) is 27.0 Å². The summed E-state index contributed by atoms with van der Waals surface area (Å²) < 4.78 is 0. The van der Waals surface area contributed by atoms with E-state index in [2.05, 4.69) is 20.9 Å². The summed E-state index contributed by atoms with van der Waals surface area (Å²) in [5, 5.41) is 12.9. The first-order valence-electron chi connectivity index (χ1n) is 14.8. The molecule has 2 heterocycles. The Kier molecular flexibility index (Phi) is 11.2. The number of anilines is 2. The number of halogens is 2. The number of nitrogens with one attached hydrogen (secondary N) is 3. The second-order valence-electron chi connectivity index (χ2n) is 10.4. The van der Waals surface area contributed by atoms with Gasteiger partial charge < -0.3 is 16.0 Å². The maximum Gasteiger partial charge on any atom is 0.272 e. The lowest BCUT2D eigenvalue weighted by atomic mass is 10.1. The molecule has 4 aromatic carbocycles. The van der Waals surface area contributed by atoms with Gasteiger partial charge in [-0.15, -0.1) is 34.4 Å². The molecule has 3 amide bonds. The minimum atomic E-state index is -0.619. The zero-order valence-corrected chi connectivity index (χ0v) is 29.4. The molecule has 12 heteroatoms. The normalized spacial score (nSPS) is 11.8. The molecule has 2 aromatic heterocycles. The topological polar surface area (TPSA) is 100 Å². The van der Waals surface area contributed by atoms with E-state index in [4.69, 9.17) is 23.2 Å². The van der Waals surface area contributed by atoms with Crippen LogP contribution in [0.2, 0.25) is 10.0 Å². The summed E-state index contributed by atoms with van der Waals surface area (Å²) in [7, 11) is 0. The van der Waals surface area contributed by atoms with Crippen LogP contribution in [0.5, 0.6) is 0 Å². The Bertz CT molecular complexity index is 2120. The highest BCUT2D eigenvalue weighted by atomic mass is 35.5. The Balaban J connectivity index is 1.23. The summed E-state index contributed by atoms with van der Waals surface area (Å²) in [5.74, 6) is -1.28. The number of rotatable bonds is 11. The molecular formula is C37H26Cl2N4O3S3. The van der Waals surface area contributed by atoms with E-state index >= 15 is 0 Å². The zero-order chi connectivity index (χ0) is 34.2. The van der Waals surface area contributed by atoms with Gasteiger partial charge in [-0.1, -0.05) is 96.0 Å². The molecule has 6 rings (SSSR count). The summed E-state index contributed by atoms with van der Waals surface area (Å²) in [6.45, 7) is 0. The van der Waals surface area contributed by atoms with Crippen molar-refractivity contribution in [1.82, 2.24) is 10.3 Å². The lowest BCUT2D eigenvalue weighted by Crippen LogP contribution is -2.30. The second kappa shape index (κ2) is 16.1. The summed E-state index contributed by atoms with van der Waals surface area (Å²) in [5.41, 5.74) is 2.87. The molecule has 0 fully saturated rings. The van der Waals surface area contributed by atoms with Gasteiger partial charge in [0.1, 0.15) is 10.9 Å². The summed E-state index contributed by atoms with van der Waals surface area (Å²) in [6.07, 6.45) is 1.47. The predicted molar refractivity (Wildman–Crippen MR) is 203 cm³/mol. The number of hydrogen-bond donors (Lipinski definition) is 3. The SMILES string of the molecule is O=C(Nc1cccc(SC(C(=O)Nc2nc(-c3cccs3)cs2)c2ccccc2)c1)/C(=C\c1cccc(Cl)c1Cl)NC(=O)c1ccccc1. The van der Waals surface area contributed by atoms with Gasteiger partial charge in [-0.25, -0.2) is 4.98 Å². The first kappa shape index (κ1) is 34.2. The highest BCUT2D eigenvalue weighted by molar-refractivity contribution is 8.00. The molecule has 1 unspecified atom stereocenters. The monoisotopic (exact) mass is 740 g/mol. The molecule has 7 nitrogen and oxygen atoms in total. The van der Waals surface area contributed by atoms with E-state index in [-0.39, 0.29) is 16.6 Å². The molecule has 0 spiro atoms. The van der Waals surface area contributed by atoms with Gasteiger partial charge in [0.05, 0.1) is 20.6 Å². The third-order valence-electron chi connectivity index (χ3n) is 7.00. The van der Waals surface area contributed by atoms with Crippen molar-refractivity contribution in [3.63, 3.8) is 0 Å². The molecule has 1 atom stereocenters. The van der Waals surface area contributed by atoms with E-state index in [0.717, 1.165) is 21.0 Å². The number of hydrogen-bond acceptors (Lipinski definition) is 7. The van der Waals surface area contributed by atoms with Gasteiger partial charge >= 0.3 is 0 Å². The number of carbonyl (C=O) groups excluding carboxylic acids is 3. The molecule has 0 aliphatic heterocycles. The average Bonchev–Trinajstić information content (AvgIpc) is 3.83. The number of nitrogens with zero attached hydrogens (tertiary/aromatic N) is 1. The van der Waals surface area contributed by atoms with Gasteiger partial charge in [0, 0.05) is 21.5 Å². The van der Waals surface area contributed by atoms with Gasteiger partial charge in [0.15, 0.2) is 5.13 Å². The second-order valence-corrected chi connectivity index (χ2v) is 14.2. The molecule has 244 valence electrons. The van der Waals surface area contributed by atoms with Crippen molar-refractivity contribution in [2.75, 3.05) is 10.6 Å². The Labute approximate surface area is 305 Å². The molecule has 0 saturated carbocycles. The number of amides is 3. The van der Waals surface area contributed by atoms with Gasteiger partial charge in [0.25, 0.3) is 11.8 Å². The quantitative estimate of drug-likeness (QED) is 0.0907. The van der Waals surface area contributed by atoms with Crippen molar-refractivity contribution in [3.05, 3.63) is 158 Å². The standard InChI is InChI=1S/C37H26Cl2N4O3S3/c38-28-17-7-14-25(32(28)39)20-29(41-34(44)24-12-5-2-6-13-24)35(45)40-26-15-8-16-27(21-26)49-33(23-10-3-1-4-11-23)36(46)43-37-42-30(22-48-37)31-18-9-19-47-31/h1-22,33H,(H,40,45)(H,41,44)(H,42,43,46)/b29-20+. The van der Waals surface area contributed by atoms with Crippen molar-refractivity contribution < 1.29 is 14.4 Å². The van der Waals surface area contributed by atoms with Crippen LogP contribution in [0, 0.1) is 0 Å². The molecule has 6 aromatic rings. The summed E-state index contributed by atoms with van der Waals surface area (Å²) in [4.78, 5) is 46.8. The fourth-order valence-corrected chi connectivity index (χ4v) is 7.57. The average molecular weight is 742 g/mol. The molecular weight excluding hydrogens is 716 g/mol. The van der Waals surface area contributed by atoms with Crippen LogP contribution in [0.4, 0.5) is 10.8 Å². The summed E-state index contributed by atoms with van der Waals surface area (Å²) in [6, 6.07) is 34.1. The zero-order valence-electron chi connectivity index (χ0n) is 25.4. The molecule has 0 bridgehead atoms. The highest BCUT2D eigenvalue weighted by Gasteiger charge is 2.24. The molecule has 0 radical (unpaired) electrons. The van der Waals surface area contributed by atoms with E-state index in [9.17, 15) is 14.4 Å². The number of thioether (sulfide) groups is 1. The van der Waals surface area contributed by atoms with Crippen LogP contribution in [-0.2, 0) is 9.59 Å². The van der Waals surface area contributed by atoms with Crippen molar-refractivity contribution >= 4 is 92.3 Å². The van der Waals surface area contributed by atoms with Crippen LogP contribution in [0.15, 0.2) is 137 Å². The molecule has 49 heavy (non-hydrogen) atoms. The van der Waals surface area contributed by atoms with E-state index < -0.39 is 17.1 Å². The van der Waals surface area contributed by atoms with E-state index in [1.165, 1.54) is 29.2 Å². The van der Waals surface area contributed by atoms with Gasteiger partial charge in [-0.3, -0.25) is 14.4 Å². The fourth-order valence-electron chi connectivity index (χ4n) is 4.65. The van der Waals surface area contributed by atoms with E-state index in [1.807, 2.05) is 59.3 Å². The third kappa shape index (κ3) is 8.86. The van der Waals surface area contributed by atoms with Crippen LogP contribution in [0.25, 0.3) is 16.6 Å². The number of aromatic nitrogens is 1. The highest BCUT2D eigenvalue weighted by Crippen LogP contribution is 2.38. The maximum atomic E-state index is 13.7. The van der Waals surface area contributed by atoms with Crippen molar-refractivity contribution in [2.24, 2.45) is 0 Å². The van der Waals surface area contributed by atoms with Crippen molar-refractivity contribution in [2.45, 2.75) is 10.1 Å². The van der Waals surface area contributed by atoms with Crippen LogP contribution in [-0.4, -0.2) is 22.7 Å². The number of benzene rings is 4. The molecule has 0 aliphatic carbocycles. The molecule has 3 N–H and O–H groups in total. The number of carbonyl (C=O) groups is 3. The van der Waals surface area contributed by atoms with Crippen LogP contribution in [0.1, 0.15) is 26.7 Å². The van der Waals surface area contributed by atoms with Gasteiger partial charge in [0.2, 0.25) is 5.91 Å². The van der Waals surface area contributed by atoms with Crippen LogP contribution in [0.3, 0.4) is 0 Å². The van der Waals surface area contributed by atoms with Crippen molar-refractivity contribution in [1.29, 1.82) is 0 Å². The van der Waals surface area contributed by atoms with Gasteiger partial charge in [-0.05, 0) is 65.0 Å². The Morgan fingerprint density at radius 2 is 1.55 bits per heavy atom. The maximum absolute atomic E-state index is 13.7. The van der Waals surface area contributed by atoms with Crippen molar-refractivity contribution in [3.8, 4) is 10.6 Å². The Morgan fingerprint density at radius 3 is 2.31 bits per heavy atom. The predicted octanol–water partition coefficient (Wildman–Crippen LogP) is 10.1. The largest absolute Gasteiger partial charge is 0.321 e. The fraction of sp³-hybridized carbons (Fsp3) is 0.0270. The first-order valence-corrected chi connectivity index (χ1v) is 18.2. The Morgan fingerprint density at radius 1 is 0.796 bits per heavy atom. The lowest BCUT2D eigenvalue weighted by molar-refractivity contribution is -0.116. The lowest BCUT2D eigenvalue weighted by Gasteiger charge is -2.17. The minimum absolute atomic E-state index is 0.0389. The molecule has 0 aliphatic rings. The first-order chi connectivity index (χ1) is 23.8.